The van der Waals surface area contributed by atoms with E-state index in [9.17, 15) is 14.9 Å². The number of anilines is 1. The minimum Gasteiger partial charge on any atom is -0.308 e. The lowest BCUT2D eigenvalue weighted by Gasteiger charge is -2.04. The van der Waals surface area contributed by atoms with E-state index in [1.807, 2.05) is 12.1 Å². The third-order valence-corrected chi connectivity index (χ3v) is 4.16. The van der Waals surface area contributed by atoms with Crippen molar-refractivity contribution >= 4 is 40.6 Å². The largest absolute Gasteiger partial charge is 0.308 e. The third kappa shape index (κ3) is 5.05. The highest BCUT2D eigenvalue weighted by atomic mass is 35.5. The average Bonchev–Trinajstić information content (AvgIpc) is 3.22. The van der Waals surface area contributed by atoms with Crippen LogP contribution in [0.25, 0.3) is 0 Å². The number of hydrogen-bond donors (Lipinski definition) is 1. The average molecular weight is 409 g/mol. The van der Waals surface area contributed by atoms with Crippen molar-refractivity contribution in [1.82, 2.24) is 19.6 Å². The van der Waals surface area contributed by atoms with Gasteiger partial charge in [0.2, 0.25) is 5.91 Å². The van der Waals surface area contributed by atoms with Gasteiger partial charge in [0.25, 0.3) is 0 Å². The zero-order valence-electron chi connectivity index (χ0n) is 13.9. The van der Waals surface area contributed by atoms with Crippen LogP contribution in [-0.2, 0) is 17.9 Å². The third-order valence-electron chi connectivity index (χ3n) is 3.63. The Bertz CT molecular complexity index is 967. The molecule has 1 aromatic carbocycles. The van der Waals surface area contributed by atoms with Crippen LogP contribution in [0.15, 0.2) is 42.9 Å². The molecule has 27 heavy (non-hydrogen) atoms. The van der Waals surface area contributed by atoms with E-state index in [2.05, 4.69) is 15.5 Å². The Morgan fingerprint density at radius 3 is 2.59 bits per heavy atom. The molecule has 0 fully saturated rings. The Labute approximate surface area is 163 Å². The molecule has 0 aliphatic carbocycles. The molecule has 9 nitrogen and oxygen atoms in total. The number of carbonyl (C=O) groups excluding carboxylic acids is 1. The van der Waals surface area contributed by atoms with Gasteiger partial charge in [0.1, 0.15) is 17.4 Å². The summed E-state index contributed by atoms with van der Waals surface area (Å²) < 4.78 is 2.94. The lowest BCUT2D eigenvalue weighted by molar-refractivity contribution is -0.385. The van der Waals surface area contributed by atoms with Crippen LogP contribution >= 0.6 is 23.2 Å². The first-order chi connectivity index (χ1) is 12.9. The van der Waals surface area contributed by atoms with Gasteiger partial charge in [-0.1, -0.05) is 35.3 Å². The van der Waals surface area contributed by atoms with E-state index in [-0.39, 0.29) is 30.4 Å². The molecule has 0 saturated heterocycles. The first kappa shape index (κ1) is 18.9. The predicted molar refractivity (Wildman–Crippen MR) is 99.9 cm³/mol. The number of nitrogens with zero attached hydrogens (tertiary/aromatic N) is 5. The molecule has 0 aliphatic heterocycles. The summed E-state index contributed by atoms with van der Waals surface area (Å²) in [4.78, 5) is 22.2. The topological polar surface area (TPSA) is 108 Å². The van der Waals surface area contributed by atoms with Crippen molar-refractivity contribution in [1.29, 1.82) is 0 Å². The van der Waals surface area contributed by atoms with Gasteiger partial charge in [0, 0.05) is 24.2 Å². The van der Waals surface area contributed by atoms with E-state index in [4.69, 9.17) is 23.2 Å². The summed E-state index contributed by atoms with van der Waals surface area (Å²) in [6.07, 6.45) is 4.08. The summed E-state index contributed by atoms with van der Waals surface area (Å²) in [6.45, 7) is 0.673. The minimum absolute atomic E-state index is 0.0687. The van der Waals surface area contributed by atoms with Gasteiger partial charge in [-0.15, -0.1) is 0 Å². The van der Waals surface area contributed by atoms with Gasteiger partial charge in [-0.25, -0.2) is 0 Å². The van der Waals surface area contributed by atoms with Crippen LogP contribution in [0.4, 0.5) is 11.5 Å². The molecule has 1 N–H and O–H groups in total. The molecular weight excluding hydrogens is 395 g/mol. The Balaban J connectivity index is 1.56. The van der Waals surface area contributed by atoms with Gasteiger partial charge in [-0.3, -0.25) is 24.3 Å². The summed E-state index contributed by atoms with van der Waals surface area (Å²) in [5.74, 6) is -0.0751. The lowest BCUT2D eigenvalue weighted by Crippen LogP contribution is -2.15. The molecule has 0 unspecified atom stereocenters. The molecule has 2 heterocycles. The van der Waals surface area contributed by atoms with Gasteiger partial charge in [-0.05, 0) is 17.7 Å². The highest BCUT2D eigenvalue weighted by molar-refractivity contribution is 6.33. The summed E-state index contributed by atoms with van der Waals surface area (Å²) in [5.41, 5.74) is 0.858. The summed E-state index contributed by atoms with van der Waals surface area (Å²) in [7, 11) is 0. The van der Waals surface area contributed by atoms with Crippen LogP contribution in [0.2, 0.25) is 10.0 Å². The number of nitrogens with one attached hydrogen (secondary N) is 1. The van der Waals surface area contributed by atoms with E-state index >= 15 is 0 Å². The summed E-state index contributed by atoms with van der Waals surface area (Å²) in [6, 6.07) is 7.31. The molecule has 1 amide bonds. The standard InChI is InChI=1S/C16H14Cl2N6O3/c17-12-3-1-11(2-4-12)8-23-10-14(18)16(21-23)20-15(25)5-6-22-9-13(7-19-22)24(26)27/h1-4,7,9-10H,5-6,8H2,(H,20,21,25). The Hall–Kier alpha value is -2.91. The van der Waals surface area contributed by atoms with E-state index in [1.165, 1.54) is 10.9 Å². The lowest BCUT2D eigenvalue weighted by atomic mass is 10.2. The Kier molecular flexibility index (Phi) is 5.72. The molecule has 0 bridgehead atoms. The monoisotopic (exact) mass is 408 g/mol. The van der Waals surface area contributed by atoms with Gasteiger partial charge in [-0.2, -0.15) is 10.2 Å². The Morgan fingerprint density at radius 2 is 1.93 bits per heavy atom. The fourth-order valence-electron chi connectivity index (χ4n) is 2.32. The van der Waals surface area contributed by atoms with E-state index < -0.39 is 4.92 Å². The molecule has 2 aromatic heterocycles. The van der Waals surface area contributed by atoms with Crippen molar-refractivity contribution in [2.45, 2.75) is 19.5 Å². The van der Waals surface area contributed by atoms with Crippen LogP contribution in [0.5, 0.6) is 0 Å². The zero-order chi connectivity index (χ0) is 19.4. The number of benzene rings is 1. The minimum atomic E-state index is -0.545. The molecule has 11 heteroatoms. The van der Waals surface area contributed by atoms with Crippen LogP contribution < -0.4 is 5.32 Å². The molecule has 140 valence electrons. The smallest absolute Gasteiger partial charge is 0.306 e. The summed E-state index contributed by atoms with van der Waals surface area (Å²) >= 11 is 12.0. The van der Waals surface area contributed by atoms with Crippen molar-refractivity contribution in [2.24, 2.45) is 0 Å². The SMILES string of the molecule is O=C(CCn1cc([N+](=O)[O-])cn1)Nc1nn(Cc2ccc(Cl)cc2)cc1Cl. The fraction of sp³-hybridized carbons (Fsp3) is 0.188. The van der Waals surface area contributed by atoms with Gasteiger partial charge < -0.3 is 5.32 Å². The van der Waals surface area contributed by atoms with Crippen molar-refractivity contribution in [3.63, 3.8) is 0 Å². The Morgan fingerprint density at radius 1 is 1.19 bits per heavy atom. The maximum atomic E-state index is 12.1. The highest BCUT2D eigenvalue weighted by Crippen LogP contribution is 2.20. The number of amides is 1. The molecule has 0 spiro atoms. The maximum absolute atomic E-state index is 12.1. The number of rotatable bonds is 7. The van der Waals surface area contributed by atoms with E-state index in [1.54, 1.807) is 23.0 Å². The first-order valence-electron chi connectivity index (χ1n) is 7.85. The molecule has 0 atom stereocenters. The quantitative estimate of drug-likeness (QED) is 0.476. The first-order valence-corrected chi connectivity index (χ1v) is 8.60. The number of hydrogen-bond acceptors (Lipinski definition) is 5. The zero-order valence-corrected chi connectivity index (χ0v) is 15.4. The fourth-order valence-corrected chi connectivity index (χ4v) is 2.64. The van der Waals surface area contributed by atoms with Crippen molar-refractivity contribution in [2.75, 3.05) is 5.32 Å². The highest BCUT2D eigenvalue weighted by Gasteiger charge is 2.13. The normalized spacial score (nSPS) is 10.7. The molecule has 0 saturated carbocycles. The number of halogens is 2. The van der Waals surface area contributed by atoms with Gasteiger partial charge in [0.15, 0.2) is 5.82 Å². The van der Waals surface area contributed by atoms with E-state index in [0.29, 0.717) is 16.6 Å². The molecule has 3 aromatic rings. The van der Waals surface area contributed by atoms with E-state index in [0.717, 1.165) is 11.8 Å². The van der Waals surface area contributed by atoms with Crippen LogP contribution in [0.1, 0.15) is 12.0 Å². The second-order valence-electron chi connectivity index (χ2n) is 5.67. The van der Waals surface area contributed by atoms with Crippen LogP contribution in [0.3, 0.4) is 0 Å². The van der Waals surface area contributed by atoms with Crippen LogP contribution in [0, 0.1) is 10.1 Å². The van der Waals surface area contributed by atoms with Crippen molar-refractivity contribution in [3.05, 3.63) is 68.6 Å². The summed E-state index contributed by atoms with van der Waals surface area (Å²) in [5, 5.41) is 22.3. The van der Waals surface area contributed by atoms with Crippen molar-refractivity contribution < 1.29 is 9.72 Å². The molecule has 0 aliphatic rings. The van der Waals surface area contributed by atoms with Gasteiger partial charge in [0.05, 0.1) is 11.5 Å². The number of carbonyl (C=O) groups is 1. The molecule has 3 rings (SSSR count). The second-order valence-corrected chi connectivity index (χ2v) is 6.51. The maximum Gasteiger partial charge on any atom is 0.306 e. The predicted octanol–water partition coefficient (Wildman–Crippen LogP) is 3.37. The number of aromatic nitrogens is 4. The number of aryl methyl sites for hydroxylation is 1. The molecular formula is C16H14Cl2N6O3. The van der Waals surface area contributed by atoms with Crippen molar-refractivity contribution in [3.8, 4) is 0 Å². The van der Waals surface area contributed by atoms with Crippen LogP contribution in [-0.4, -0.2) is 30.4 Å². The van der Waals surface area contributed by atoms with Gasteiger partial charge >= 0.3 is 5.69 Å². The number of nitro groups is 1. The molecule has 0 radical (unpaired) electrons. The second kappa shape index (κ2) is 8.19.